The fraction of sp³-hybridized carbons (Fsp3) is 0.500. The van der Waals surface area contributed by atoms with Gasteiger partial charge in [0.15, 0.2) is 0 Å². The summed E-state index contributed by atoms with van der Waals surface area (Å²) in [5, 5.41) is 7.61. The van der Waals surface area contributed by atoms with Gasteiger partial charge in [-0.2, -0.15) is 5.10 Å². The second-order valence-corrected chi connectivity index (χ2v) is 6.74. The Morgan fingerprint density at radius 1 is 1.36 bits per heavy atom. The molecule has 2 aromatic rings. The maximum Gasteiger partial charge on any atom is 0.220 e. The molecule has 25 heavy (non-hydrogen) atoms. The Kier molecular flexibility index (Phi) is 6.23. The van der Waals surface area contributed by atoms with E-state index in [-0.39, 0.29) is 5.91 Å². The fourth-order valence-electron chi connectivity index (χ4n) is 3.20. The van der Waals surface area contributed by atoms with E-state index in [9.17, 15) is 4.79 Å². The Morgan fingerprint density at radius 2 is 2.20 bits per heavy atom. The summed E-state index contributed by atoms with van der Waals surface area (Å²) < 4.78 is 7.27. The number of nitrogens with zero attached hydrogens (tertiary/aromatic N) is 2. The Morgan fingerprint density at radius 3 is 2.96 bits per heavy atom. The predicted octanol–water partition coefficient (Wildman–Crippen LogP) is 3.05. The van der Waals surface area contributed by atoms with Crippen molar-refractivity contribution >= 4 is 5.91 Å². The monoisotopic (exact) mass is 341 g/mol. The first-order valence-corrected chi connectivity index (χ1v) is 9.17. The van der Waals surface area contributed by atoms with Gasteiger partial charge in [0.05, 0.1) is 11.4 Å². The summed E-state index contributed by atoms with van der Waals surface area (Å²) in [4.78, 5) is 11.9. The van der Waals surface area contributed by atoms with E-state index in [1.165, 1.54) is 5.56 Å². The van der Waals surface area contributed by atoms with Gasteiger partial charge >= 0.3 is 0 Å². The summed E-state index contributed by atoms with van der Waals surface area (Å²) in [5.74, 6) is 0.723. The Hall–Kier alpha value is -2.14. The lowest BCUT2D eigenvalue weighted by Crippen LogP contribution is -2.25. The van der Waals surface area contributed by atoms with Crippen LogP contribution in [0.1, 0.15) is 36.9 Å². The maximum absolute atomic E-state index is 11.9. The third-order valence-corrected chi connectivity index (χ3v) is 4.77. The summed E-state index contributed by atoms with van der Waals surface area (Å²) in [5.41, 5.74) is 3.36. The van der Waals surface area contributed by atoms with Gasteiger partial charge in [0.2, 0.25) is 5.91 Å². The highest BCUT2D eigenvalue weighted by Gasteiger charge is 2.16. The molecule has 1 fully saturated rings. The predicted molar refractivity (Wildman–Crippen MR) is 97.8 cm³/mol. The fourth-order valence-corrected chi connectivity index (χ4v) is 3.20. The first kappa shape index (κ1) is 17.7. The normalized spacial score (nSPS) is 16.9. The van der Waals surface area contributed by atoms with Crippen LogP contribution in [0.2, 0.25) is 0 Å². The number of aryl methyl sites for hydroxylation is 2. The molecule has 0 spiro atoms. The molecule has 0 bridgehead atoms. The first-order chi connectivity index (χ1) is 12.2. The molecule has 1 saturated heterocycles. The van der Waals surface area contributed by atoms with Crippen LogP contribution in [-0.4, -0.2) is 35.4 Å². The molecule has 1 N–H and O–H groups in total. The number of ether oxygens (including phenoxy) is 1. The van der Waals surface area contributed by atoms with E-state index in [4.69, 9.17) is 4.74 Å². The topological polar surface area (TPSA) is 56.2 Å². The van der Waals surface area contributed by atoms with E-state index in [2.05, 4.69) is 16.6 Å². The smallest absolute Gasteiger partial charge is 0.220 e. The van der Waals surface area contributed by atoms with E-state index in [0.29, 0.717) is 12.3 Å². The average molecular weight is 341 g/mol. The third-order valence-electron chi connectivity index (χ3n) is 4.77. The largest absolute Gasteiger partial charge is 0.381 e. The van der Waals surface area contributed by atoms with E-state index in [1.54, 1.807) is 0 Å². The minimum Gasteiger partial charge on any atom is -0.381 e. The molecule has 0 radical (unpaired) electrons. The van der Waals surface area contributed by atoms with E-state index >= 15 is 0 Å². The Labute approximate surface area is 149 Å². The van der Waals surface area contributed by atoms with Crippen LogP contribution in [-0.2, 0) is 16.0 Å². The zero-order valence-electron chi connectivity index (χ0n) is 14.9. The zero-order chi connectivity index (χ0) is 17.5. The molecular weight excluding hydrogens is 314 g/mol. The van der Waals surface area contributed by atoms with Gasteiger partial charge < -0.3 is 10.1 Å². The number of nitrogens with one attached hydrogen (secondary N) is 1. The van der Waals surface area contributed by atoms with Crippen molar-refractivity contribution in [3.8, 4) is 5.69 Å². The number of benzene rings is 1. The standard InChI is InChI=1S/C20H27N3O2/c1-16-18(14-23(22-16)19-7-3-2-4-8-19)6-5-12-21-20(24)10-9-17-11-13-25-15-17/h2-4,7-8,14,17H,5-6,9-13,15H2,1H3,(H,21,24)/t17-/m0/s1. The highest BCUT2D eigenvalue weighted by molar-refractivity contribution is 5.75. The second kappa shape index (κ2) is 8.81. The Balaban J connectivity index is 1.38. The van der Waals surface area contributed by atoms with Gasteiger partial charge in [0.25, 0.3) is 0 Å². The number of aromatic nitrogens is 2. The average Bonchev–Trinajstić information content (AvgIpc) is 3.28. The lowest BCUT2D eigenvalue weighted by molar-refractivity contribution is -0.121. The number of amides is 1. The summed E-state index contributed by atoms with van der Waals surface area (Å²) in [6.07, 6.45) is 6.59. The van der Waals surface area contributed by atoms with Gasteiger partial charge in [0.1, 0.15) is 0 Å². The van der Waals surface area contributed by atoms with Crippen molar-refractivity contribution in [2.45, 2.75) is 39.0 Å². The molecule has 3 rings (SSSR count). The van der Waals surface area contributed by atoms with Gasteiger partial charge in [-0.05, 0) is 56.2 Å². The first-order valence-electron chi connectivity index (χ1n) is 9.17. The second-order valence-electron chi connectivity index (χ2n) is 6.74. The van der Waals surface area contributed by atoms with Crippen LogP contribution in [0.15, 0.2) is 36.5 Å². The van der Waals surface area contributed by atoms with Crippen molar-refractivity contribution in [1.82, 2.24) is 15.1 Å². The molecular formula is C20H27N3O2. The minimum atomic E-state index is 0.156. The van der Waals surface area contributed by atoms with E-state index in [0.717, 1.165) is 56.8 Å². The van der Waals surface area contributed by atoms with Crippen molar-refractivity contribution in [2.24, 2.45) is 5.92 Å². The van der Waals surface area contributed by atoms with E-state index in [1.807, 2.05) is 41.9 Å². The number of carbonyl (C=O) groups is 1. The van der Waals surface area contributed by atoms with Gasteiger partial charge in [-0.15, -0.1) is 0 Å². The minimum absolute atomic E-state index is 0.156. The summed E-state index contributed by atoms with van der Waals surface area (Å²) >= 11 is 0. The summed E-state index contributed by atoms with van der Waals surface area (Å²) in [7, 11) is 0. The SMILES string of the molecule is Cc1nn(-c2ccccc2)cc1CCCNC(=O)CC[C@H]1CCOC1. The molecule has 5 nitrogen and oxygen atoms in total. The molecule has 1 amide bonds. The lowest BCUT2D eigenvalue weighted by atomic mass is 10.0. The van der Waals surface area contributed by atoms with Crippen molar-refractivity contribution in [2.75, 3.05) is 19.8 Å². The quantitative estimate of drug-likeness (QED) is 0.751. The van der Waals surface area contributed by atoms with Crippen LogP contribution in [0.4, 0.5) is 0 Å². The van der Waals surface area contributed by atoms with Crippen LogP contribution in [0.3, 0.4) is 0 Å². The van der Waals surface area contributed by atoms with Crippen LogP contribution >= 0.6 is 0 Å². The third kappa shape index (κ3) is 5.16. The number of hydrogen-bond acceptors (Lipinski definition) is 3. The molecule has 5 heteroatoms. The van der Waals surface area contributed by atoms with Crippen LogP contribution < -0.4 is 5.32 Å². The molecule has 0 aliphatic carbocycles. The van der Waals surface area contributed by atoms with Crippen LogP contribution in [0, 0.1) is 12.8 Å². The molecule has 1 aromatic carbocycles. The van der Waals surface area contributed by atoms with Crippen molar-refractivity contribution in [3.05, 3.63) is 47.8 Å². The van der Waals surface area contributed by atoms with Gasteiger partial charge in [-0.25, -0.2) is 4.68 Å². The molecule has 1 aliphatic rings. The number of hydrogen-bond donors (Lipinski definition) is 1. The molecule has 0 unspecified atom stereocenters. The van der Waals surface area contributed by atoms with Crippen molar-refractivity contribution in [1.29, 1.82) is 0 Å². The van der Waals surface area contributed by atoms with Gasteiger partial charge in [-0.3, -0.25) is 4.79 Å². The molecule has 134 valence electrons. The summed E-state index contributed by atoms with van der Waals surface area (Å²) in [6, 6.07) is 10.1. The highest BCUT2D eigenvalue weighted by atomic mass is 16.5. The van der Waals surface area contributed by atoms with Gasteiger partial charge in [-0.1, -0.05) is 18.2 Å². The van der Waals surface area contributed by atoms with E-state index < -0.39 is 0 Å². The molecule has 1 atom stereocenters. The van der Waals surface area contributed by atoms with Crippen molar-refractivity contribution in [3.63, 3.8) is 0 Å². The number of carbonyl (C=O) groups excluding carboxylic acids is 1. The molecule has 1 aromatic heterocycles. The number of rotatable bonds is 8. The van der Waals surface area contributed by atoms with Crippen LogP contribution in [0.5, 0.6) is 0 Å². The number of para-hydroxylation sites is 1. The molecule has 1 aliphatic heterocycles. The van der Waals surface area contributed by atoms with Crippen molar-refractivity contribution < 1.29 is 9.53 Å². The highest BCUT2D eigenvalue weighted by Crippen LogP contribution is 2.17. The van der Waals surface area contributed by atoms with Gasteiger partial charge in [0, 0.05) is 32.4 Å². The molecule has 0 saturated carbocycles. The maximum atomic E-state index is 11.9. The Bertz CT molecular complexity index is 676. The van der Waals surface area contributed by atoms with Crippen LogP contribution in [0.25, 0.3) is 5.69 Å². The molecule has 2 heterocycles. The zero-order valence-corrected chi connectivity index (χ0v) is 14.9. The summed E-state index contributed by atoms with van der Waals surface area (Å²) in [6.45, 7) is 4.42. The lowest BCUT2D eigenvalue weighted by Gasteiger charge is -2.08.